The van der Waals surface area contributed by atoms with Gasteiger partial charge in [0.25, 0.3) is 0 Å². The fourth-order valence-electron chi connectivity index (χ4n) is 2.83. The zero-order valence-electron chi connectivity index (χ0n) is 16.2. The number of carbonyl (C=O) groups excluding carboxylic acids is 1. The molecule has 0 spiro atoms. The van der Waals surface area contributed by atoms with Gasteiger partial charge in [-0.15, -0.1) is 0 Å². The van der Waals surface area contributed by atoms with Gasteiger partial charge in [0.2, 0.25) is 6.10 Å². The molecule has 2 aromatic rings. The van der Waals surface area contributed by atoms with Crippen LogP contribution in [-0.4, -0.2) is 26.3 Å². The van der Waals surface area contributed by atoms with Gasteiger partial charge in [-0.1, -0.05) is 49.7 Å². The lowest BCUT2D eigenvalue weighted by molar-refractivity contribution is -0.150. The van der Waals surface area contributed by atoms with Crippen LogP contribution in [0, 0.1) is 17.2 Å². The Morgan fingerprint density at radius 2 is 1.82 bits per heavy atom. The number of rotatable bonds is 9. The lowest BCUT2D eigenvalue weighted by atomic mass is 9.88. The van der Waals surface area contributed by atoms with Crippen LogP contribution in [0.2, 0.25) is 5.02 Å². The van der Waals surface area contributed by atoms with Crippen molar-refractivity contribution in [1.82, 2.24) is 0 Å². The van der Waals surface area contributed by atoms with Crippen molar-refractivity contribution >= 4 is 17.6 Å². The standard InChI is InChI=1S/C22H24ClNO4/c1-15(2)21(16-7-9-18(23)10-8-16)22(25)28-20(14-24)17-5-4-6-19(13-17)27-12-11-26-3/h4-10,13,15,20-21H,11-12H2,1-3H3. The number of hydrogen-bond donors (Lipinski definition) is 0. The molecule has 0 amide bonds. The number of benzene rings is 2. The largest absolute Gasteiger partial charge is 0.491 e. The minimum atomic E-state index is -1.02. The van der Waals surface area contributed by atoms with Crippen molar-refractivity contribution in [1.29, 1.82) is 5.26 Å². The predicted molar refractivity (Wildman–Crippen MR) is 107 cm³/mol. The van der Waals surface area contributed by atoms with Crippen molar-refractivity contribution in [2.75, 3.05) is 20.3 Å². The molecule has 6 heteroatoms. The molecule has 0 saturated heterocycles. The molecule has 0 aliphatic heterocycles. The molecule has 2 aromatic carbocycles. The summed E-state index contributed by atoms with van der Waals surface area (Å²) in [6.07, 6.45) is -1.02. The summed E-state index contributed by atoms with van der Waals surface area (Å²) in [5.41, 5.74) is 1.36. The first-order valence-electron chi connectivity index (χ1n) is 9.03. The second kappa shape index (κ2) is 10.7. The summed E-state index contributed by atoms with van der Waals surface area (Å²) in [7, 11) is 1.59. The van der Waals surface area contributed by atoms with Gasteiger partial charge in [0.15, 0.2) is 0 Å². The Hall–Kier alpha value is -2.55. The Kier molecular flexibility index (Phi) is 8.31. The lowest BCUT2D eigenvalue weighted by Crippen LogP contribution is -2.22. The molecule has 0 radical (unpaired) electrons. The summed E-state index contributed by atoms with van der Waals surface area (Å²) < 4.78 is 16.1. The van der Waals surface area contributed by atoms with Crippen LogP contribution in [0.1, 0.15) is 37.0 Å². The molecule has 0 heterocycles. The van der Waals surface area contributed by atoms with Crippen molar-refractivity contribution in [3.8, 4) is 11.8 Å². The topological polar surface area (TPSA) is 68.6 Å². The van der Waals surface area contributed by atoms with Gasteiger partial charge in [0.1, 0.15) is 18.4 Å². The van der Waals surface area contributed by atoms with Gasteiger partial charge in [0.05, 0.1) is 12.5 Å². The van der Waals surface area contributed by atoms with Crippen LogP contribution >= 0.6 is 11.6 Å². The molecule has 0 saturated carbocycles. The van der Waals surface area contributed by atoms with E-state index in [4.69, 9.17) is 25.8 Å². The fraction of sp³-hybridized carbons (Fsp3) is 0.364. The van der Waals surface area contributed by atoms with Gasteiger partial charge in [0, 0.05) is 17.7 Å². The summed E-state index contributed by atoms with van der Waals surface area (Å²) >= 11 is 5.94. The van der Waals surface area contributed by atoms with Crippen molar-refractivity contribution in [3.05, 3.63) is 64.7 Å². The van der Waals surface area contributed by atoms with E-state index in [0.717, 1.165) is 5.56 Å². The molecule has 0 aliphatic carbocycles. The van der Waals surface area contributed by atoms with E-state index in [2.05, 4.69) is 6.07 Å². The zero-order valence-corrected chi connectivity index (χ0v) is 17.0. The van der Waals surface area contributed by atoms with Gasteiger partial charge in [-0.05, 0) is 35.7 Å². The third kappa shape index (κ3) is 5.98. The summed E-state index contributed by atoms with van der Waals surface area (Å²) in [6, 6.07) is 16.1. The zero-order chi connectivity index (χ0) is 20.5. The lowest BCUT2D eigenvalue weighted by Gasteiger charge is -2.22. The molecule has 2 rings (SSSR count). The monoisotopic (exact) mass is 401 g/mol. The molecule has 0 bridgehead atoms. The number of hydrogen-bond acceptors (Lipinski definition) is 5. The maximum absolute atomic E-state index is 12.9. The van der Waals surface area contributed by atoms with Gasteiger partial charge in [-0.2, -0.15) is 5.26 Å². The summed E-state index contributed by atoms with van der Waals surface area (Å²) in [6.45, 7) is 4.72. The Morgan fingerprint density at radius 1 is 1.11 bits per heavy atom. The van der Waals surface area contributed by atoms with Crippen LogP contribution in [0.3, 0.4) is 0 Å². The molecular formula is C22H24ClNO4. The number of ether oxygens (including phenoxy) is 3. The Morgan fingerprint density at radius 3 is 2.43 bits per heavy atom. The van der Waals surface area contributed by atoms with Crippen LogP contribution < -0.4 is 4.74 Å². The van der Waals surface area contributed by atoms with Gasteiger partial charge in [-0.25, -0.2) is 0 Å². The summed E-state index contributed by atoms with van der Waals surface area (Å²) in [4.78, 5) is 12.9. The van der Waals surface area contributed by atoms with Crippen molar-refractivity contribution < 1.29 is 19.0 Å². The first kappa shape index (κ1) is 21.7. The molecule has 148 valence electrons. The predicted octanol–water partition coefficient (Wildman–Crippen LogP) is 4.91. The molecule has 0 aromatic heterocycles. The fourth-order valence-corrected chi connectivity index (χ4v) is 2.96. The normalized spacial score (nSPS) is 12.9. The second-order valence-corrected chi connectivity index (χ2v) is 7.07. The van der Waals surface area contributed by atoms with Gasteiger partial charge < -0.3 is 14.2 Å². The smallest absolute Gasteiger partial charge is 0.315 e. The highest BCUT2D eigenvalue weighted by Crippen LogP contribution is 2.30. The minimum absolute atomic E-state index is 0.00303. The van der Waals surface area contributed by atoms with Crippen LogP contribution in [0.5, 0.6) is 5.75 Å². The number of halogens is 1. The molecule has 0 fully saturated rings. The van der Waals surface area contributed by atoms with E-state index in [1.165, 1.54) is 0 Å². The number of nitriles is 1. The van der Waals surface area contributed by atoms with E-state index >= 15 is 0 Å². The number of carbonyl (C=O) groups is 1. The number of esters is 1. The van der Waals surface area contributed by atoms with E-state index in [1.807, 2.05) is 13.8 Å². The maximum Gasteiger partial charge on any atom is 0.315 e. The highest BCUT2D eigenvalue weighted by molar-refractivity contribution is 6.30. The molecule has 2 unspecified atom stereocenters. The van der Waals surface area contributed by atoms with Gasteiger partial charge >= 0.3 is 5.97 Å². The highest BCUT2D eigenvalue weighted by Gasteiger charge is 2.28. The molecule has 2 atom stereocenters. The SMILES string of the molecule is COCCOc1cccc(C(C#N)OC(=O)C(c2ccc(Cl)cc2)C(C)C)c1. The van der Waals surface area contributed by atoms with Crippen LogP contribution in [0.25, 0.3) is 0 Å². The van der Waals surface area contributed by atoms with E-state index in [0.29, 0.717) is 29.5 Å². The highest BCUT2D eigenvalue weighted by atomic mass is 35.5. The third-order valence-corrected chi connectivity index (χ3v) is 4.47. The van der Waals surface area contributed by atoms with Crippen molar-refractivity contribution in [2.24, 2.45) is 5.92 Å². The number of nitrogens with zero attached hydrogens (tertiary/aromatic N) is 1. The Balaban J connectivity index is 2.16. The average Bonchev–Trinajstić information content (AvgIpc) is 2.68. The summed E-state index contributed by atoms with van der Waals surface area (Å²) in [5, 5.41) is 10.2. The number of methoxy groups -OCH3 is 1. The Bertz CT molecular complexity index is 814. The van der Waals surface area contributed by atoms with E-state index in [1.54, 1.807) is 55.6 Å². The third-order valence-electron chi connectivity index (χ3n) is 4.22. The van der Waals surface area contributed by atoms with Crippen LogP contribution in [-0.2, 0) is 14.3 Å². The van der Waals surface area contributed by atoms with Crippen LogP contribution in [0.4, 0.5) is 0 Å². The molecule has 0 N–H and O–H groups in total. The molecular weight excluding hydrogens is 378 g/mol. The minimum Gasteiger partial charge on any atom is -0.491 e. The summed E-state index contributed by atoms with van der Waals surface area (Å²) in [5.74, 6) is -0.357. The quantitative estimate of drug-likeness (QED) is 0.441. The van der Waals surface area contributed by atoms with Crippen LogP contribution in [0.15, 0.2) is 48.5 Å². The van der Waals surface area contributed by atoms with E-state index in [-0.39, 0.29) is 5.92 Å². The van der Waals surface area contributed by atoms with E-state index < -0.39 is 18.0 Å². The van der Waals surface area contributed by atoms with Crippen molar-refractivity contribution in [3.63, 3.8) is 0 Å². The first-order chi connectivity index (χ1) is 13.5. The maximum atomic E-state index is 12.9. The molecule has 0 aliphatic rings. The second-order valence-electron chi connectivity index (χ2n) is 6.63. The average molecular weight is 402 g/mol. The molecule has 5 nitrogen and oxygen atoms in total. The van der Waals surface area contributed by atoms with Gasteiger partial charge in [-0.3, -0.25) is 4.79 Å². The Labute approximate surface area is 170 Å². The van der Waals surface area contributed by atoms with E-state index in [9.17, 15) is 10.1 Å². The molecule has 28 heavy (non-hydrogen) atoms. The van der Waals surface area contributed by atoms with Crippen molar-refractivity contribution in [2.45, 2.75) is 25.9 Å². The first-order valence-corrected chi connectivity index (χ1v) is 9.41.